The third-order valence-electron chi connectivity index (χ3n) is 2.34. The Hall–Kier alpha value is -0.810. The normalized spacial score (nSPS) is 15.5. The van der Waals surface area contributed by atoms with Crippen LogP contribution in [-0.2, 0) is 0 Å². The molecule has 0 N–H and O–H groups in total. The van der Waals surface area contributed by atoms with E-state index < -0.39 is 0 Å². The predicted molar refractivity (Wildman–Crippen MR) is 62.8 cm³/mol. The second-order valence-electron chi connectivity index (χ2n) is 3.58. The molecule has 5 heteroatoms. The summed E-state index contributed by atoms with van der Waals surface area (Å²) in [6, 6.07) is 0. The van der Waals surface area contributed by atoms with E-state index in [0.29, 0.717) is 5.92 Å². The highest BCUT2D eigenvalue weighted by Gasteiger charge is 2.26. The van der Waals surface area contributed by atoms with E-state index in [2.05, 4.69) is 30.9 Å². The second-order valence-corrected chi connectivity index (χ2v) is 5.25. The van der Waals surface area contributed by atoms with E-state index in [1.807, 2.05) is 17.8 Å². The summed E-state index contributed by atoms with van der Waals surface area (Å²) in [6.07, 6.45) is 6.21. The molecule has 1 aliphatic rings. The summed E-state index contributed by atoms with van der Waals surface area (Å²) in [7, 11) is 0. The minimum absolute atomic E-state index is 0.613. The smallest absolute Gasteiger partial charge is 0.131 e. The first kappa shape index (κ1) is 9.42. The summed E-state index contributed by atoms with van der Waals surface area (Å²) in [5.74, 6) is 1.59. The third kappa shape index (κ3) is 1.94. The van der Waals surface area contributed by atoms with Crippen molar-refractivity contribution in [3.05, 3.63) is 28.2 Å². The van der Waals surface area contributed by atoms with Gasteiger partial charge in [0.1, 0.15) is 15.4 Å². The van der Waals surface area contributed by atoms with E-state index in [9.17, 15) is 0 Å². The van der Waals surface area contributed by atoms with Gasteiger partial charge in [0.05, 0.1) is 0 Å². The first-order valence-electron chi connectivity index (χ1n) is 4.76. The van der Waals surface area contributed by atoms with Crippen LogP contribution in [0.1, 0.15) is 24.6 Å². The van der Waals surface area contributed by atoms with Gasteiger partial charge < -0.3 is 0 Å². The van der Waals surface area contributed by atoms with Crippen molar-refractivity contribution < 1.29 is 0 Å². The summed E-state index contributed by atoms with van der Waals surface area (Å²) in [4.78, 5) is 13.1. The number of aromatic nitrogens is 3. The minimum Gasteiger partial charge on any atom is -0.240 e. The Bertz CT molecular complexity index is 476. The second kappa shape index (κ2) is 3.64. The van der Waals surface area contributed by atoms with Crippen molar-refractivity contribution in [3.8, 4) is 10.6 Å². The molecule has 0 aliphatic heterocycles. The number of nitrogens with zero attached hydrogens (tertiary/aromatic N) is 3. The first-order chi connectivity index (χ1) is 7.33. The molecule has 0 spiro atoms. The van der Waals surface area contributed by atoms with Crippen molar-refractivity contribution in [1.29, 1.82) is 0 Å². The molecule has 3 nitrogen and oxygen atoms in total. The maximum atomic E-state index is 4.37. The molecule has 2 heterocycles. The molecule has 0 aromatic carbocycles. The van der Waals surface area contributed by atoms with Crippen LogP contribution >= 0.6 is 27.3 Å². The molecule has 0 radical (unpaired) electrons. The van der Waals surface area contributed by atoms with E-state index in [1.165, 1.54) is 12.8 Å². The Labute approximate surface area is 99.7 Å². The number of halogens is 1. The largest absolute Gasteiger partial charge is 0.240 e. The van der Waals surface area contributed by atoms with Crippen LogP contribution in [0.2, 0.25) is 0 Å². The van der Waals surface area contributed by atoms with Crippen LogP contribution < -0.4 is 0 Å². The Balaban J connectivity index is 1.92. The van der Waals surface area contributed by atoms with Gasteiger partial charge in [0.25, 0.3) is 0 Å². The van der Waals surface area contributed by atoms with Gasteiger partial charge in [0.2, 0.25) is 0 Å². The molecule has 15 heavy (non-hydrogen) atoms. The van der Waals surface area contributed by atoms with Crippen molar-refractivity contribution in [1.82, 2.24) is 15.0 Å². The first-order valence-corrected chi connectivity index (χ1v) is 6.43. The lowest BCUT2D eigenvalue weighted by atomic mass is 10.3. The highest BCUT2D eigenvalue weighted by molar-refractivity contribution is 9.10. The van der Waals surface area contributed by atoms with Crippen molar-refractivity contribution in [3.63, 3.8) is 0 Å². The molecule has 2 aromatic heterocycles. The molecule has 3 rings (SSSR count). The molecule has 1 aliphatic carbocycles. The maximum Gasteiger partial charge on any atom is 0.131 e. The van der Waals surface area contributed by atoms with Gasteiger partial charge in [-0.25, -0.2) is 15.0 Å². The zero-order valence-electron chi connectivity index (χ0n) is 7.85. The van der Waals surface area contributed by atoms with E-state index in [-0.39, 0.29) is 0 Å². The molecule has 0 bridgehead atoms. The standard InChI is InChI=1S/C10H8BrN3S/c11-8-5-15-10(14-8)7-3-12-9(13-4-7)6-1-2-6/h3-6H,1-2H2. The van der Waals surface area contributed by atoms with Gasteiger partial charge in [0, 0.05) is 29.3 Å². The van der Waals surface area contributed by atoms with Crippen LogP contribution in [0.4, 0.5) is 0 Å². The summed E-state index contributed by atoms with van der Waals surface area (Å²) in [5.41, 5.74) is 0.995. The van der Waals surface area contributed by atoms with E-state index in [1.54, 1.807) is 11.3 Å². The topological polar surface area (TPSA) is 38.7 Å². The highest BCUT2D eigenvalue weighted by atomic mass is 79.9. The third-order valence-corrected chi connectivity index (χ3v) is 3.94. The maximum absolute atomic E-state index is 4.37. The molecule has 2 aromatic rings. The zero-order valence-corrected chi connectivity index (χ0v) is 10.3. The fraction of sp³-hybridized carbons (Fsp3) is 0.300. The van der Waals surface area contributed by atoms with Crippen LogP contribution in [0.15, 0.2) is 22.4 Å². The fourth-order valence-corrected chi connectivity index (χ4v) is 2.62. The number of hydrogen-bond donors (Lipinski definition) is 0. The average Bonchev–Trinajstić information content (AvgIpc) is 3.02. The summed E-state index contributed by atoms with van der Waals surface area (Å²) in [6.45, 7) is 0. The van der Waals surface area contributed by atoms with Crippen molar-refractivity contribution in [2.24, 2.45) is 0 Å². The van der Waals surface area contributed by atoms with Gasteiger partial charge in [-0.3, -0.25) is 0 Å². The van der Waals surface area contributed by atoms with Crippen LogP contribution in [0.25, 0.3) is 10.6 Å². The zero-order chi connectivity index (χ0) is 10.3. The van der Waals surface area contributed by atoms with Gasteiger partial charge in [-0.15, -0.1) is 11.3 Å². The number of hydrogen-bond acceptors (Lipinski definition) is 4. The molecule has 0 unspecified atom stereocenters. The lowest BCUT2D eigenvalue weighted by Gasteiger charge is -1.97. The van der Waals surface area contributed by atoms with Crippen molar-refractivity contribution in [2.45, 2.75) is 18.8 Å². The van der Waals surface area contributed by atoms with Gasteiger partial charge >= 0.3 is 0 Å². The lowest BCUT2D eigenvalue weighted by molar-refractivity contribution is 0.928. The molecule has 1 saturated carbocycles. The average molecular weight is 282 g/mol. The van der Waals surface area contributed by atoms with Crippen LogP contribution in [0.5, 0.6) is 0 Å². The molecule has 1 fully saturated rings. The van der Waals surface area contributed by atoms with Gasteiger partial charge in [-0.1, -0.05) is 0 Å². The quantitative estimate of drug-likeness (QED) is 0.848. The molecule has 0 atom stereocenters. The van der Waals surface area contributed by atoms with E-state index >= 15 is 0 Å². The van der Waals surface area contributed by atoms with Crippen LogP contribution in [0, 0.1) is 0 Å². The number of thiazole rings is 1. The van der Waals surface area contributed by atoms with Crippen LogP contribution in [-0.4, -0.2) is 15.0 Å². The molecular formula is C10H8BrN3S. The van der Waals surface area contributed by atoms with Crippen molar-refractivity contribution >= 4 is 27.3 Å². The van der Waals surface area contributed by atoms with Gasteiger partial charge in [-0.2, -0.15) is 0 Å². The summed E-state index contributed by atoms with van der Waals surface area (Å²) < 4.78 is 0.869. The summed E-state index contributed by atoms with van der Waals surface area (Å²) in [5, 5.41) is 2.92. The minimum atomic E-state index is 0.613. The molecule has 0 saturated heterocycles. The fourth-order valence-electron chi connectivity index (χ4n) is 1.39. The molecule has 0 amide bonds. The lowest BCUT2D eigenvalue weighted by Crippen LogP contribution is -1.91. The van der Waals surface area contributed by atoms with E-state index in [4.69, 9.17) is 0 Å². The van der Waals surface area contributed by atoms with E-state index in [0.717, 1.165) is 21.0 Å². The predicted octanol–water partition coefficient (Wildman–Crippen LogP) is 3.24. The summed E-state index contributed by atoms with van der Waals surface area (Å²) >= 11 is 4.93. The Morgan fingerprint density at radius 3 is 2.53 bits per heavy atom. The number of rotatable bonds is 2. The Morgan fingerprint density at radius 2 is 2.00 bits per heavy atom. The molecule has 76 valence electrons. The van der Waals surface area contributed by atoms with Crippen molar-refractivity contribution in [2.75, 3.05) is 0 Å². The van der Waals surface area contributed by atoms with Gasteiger partial charge in [-0.05, 0) is 28.8 Å². The Kier molecular flexibility index (Phi) is 2.29. The van der Waals surface area contributed by atoms with Crippen LogP contribution in [0.3, 0.4) is 0 Å². The SMILES string of the molecule is Brc1csc(-c2cnc(C3CC3)nc2)n1. The Morgan fingerprint density at radius 1 is 1.27 bits per heavy atom. The monoisotopic (exact) mass is 281 g/mol. The molecular weight excluding hydrogens is 274 g/mol. The van der Waals surface area contributed by atoms with Gasteiger partial charge in [0.15, 0.2) is 0 Å². The highest BCUT2D eigenvalue weighted by Crippen LogP contribution is 2.38.